The summed E-state index contributed by atoms with van der Waals surface area (Å²) in [5, 5.41) is 28.5. The predicted octanol–water partition coefficient (Wildman–Crippen LogP) is 16.8. The highest BCUT2D eigenvalue weighted by atomic mass is 35.5. The number of nitrogens with one attached hydrogen (secondary N) is 3. The fourth-order valence-corrected chi connectivity index (χ4v) is 10.3. The average Bonchev–Trinajstić information content (AvgIpc) is 3.75. The molecule has 0 aromatic carbocycles. The standard InChI is InChI=1S/C18H22F2N4.C15H17ClF2N4.C9H7Cl2N3.C6H11F2N.C5H2Cl3N.C4H6N2/c1-12-6-9-24(23-12)17-11-14(13-2-3-13)10-16(22-17)21-15-4-7-18(19,20)8-5-15;1-10-4-7-22(21-10)14-9-11(16)8-13(20-14)19-12-2-5-15(17,18)6-3-12;1-6-2-3-14(13-6)9-5-7(10)4-8(11)12-9;7-6(8)3-1-5(9)2-4-6;6-3-1-4(7)9-5(8)2-3;1-4-2-3-5-6-4/h6,9-11,13,15H,2-5,7-8H2,1H3,(H,21,22);4,7-9,12H,2-3,5-6H2,1H3,(H,19,20);2-5H,1H3;5H,1-4,9H2;1-2H;2-3H,1H3,(H,5,6). The molecule has 8 heterocycles. The molecule has 0 radical (unpaired) electrons. The van der Waals surface area contributed by atoms with Crippen molar-refractivity contribution in [3.8, 4) is 17.5 Å². The van der Waals surface area contributed by atoms with E-state index < -0.39 is 17.8 Å². The molecule has 0 bridgehead atoms. The number of halogens is 12. The van der Waals surface area contributed by atoms with Crippen LogP contribution in [-0.4, -0.2) is 95.4 Å². The van der Waals surface area contributed by atoms with Gasteiger partial charge in [0.15, 0.2) is 17.5 Å². The van der Waals surface area contributed by atoms with Gasteiger partial charge in [0.25, 0.3) is 0 Å². The summed E-state index contributed by atoms with van der Waals surface area (Å²) >= 11 is 34.2. The van der Waals surface area contributed by atoms with Gasteiger partial charge >= 0.3 is 0 Å². The molecule has 8 aromatic rings. The van der Waals surface area contributed by atoms with Crippen LogP contribution in [0, 0.1) is 27.7 Å². The molecule has 5 N–H and O–H groups in total. The molecule has 8 aromatic heterocycles. The van der Waals surface area contributed by atoms with E-state index in [1.807, 2.05) is 64.4 Å². The van der Waals surface area contributed by atoms with Crippen LogP contribution in [0.25, 0.3) is 17.5 Å². The second-order valence-corrected chi connectivity index (χ2v) is 23.5. The molecular weight excluding hydrogens is 1220 g/mol. The van der Waals surface area contributed by atoms with Gasteiger partial charge in [-0.1, -0.05) is 69.6 Å². The Bertz CT molecular complexity index is 3250. The van der Waals surface area contributed by atoms with E-state index in [1.54, 1.807) is 50.7 Å². The molecule has 84 heavy (non-hydrogen) atoms. The second-order valence-electron chi connectivity index (χ2n) is 21.0. The molecule has 27 heteroatoms. The molecule has 0 atom stereocenters. The number of nitrogens with zero attached hydrogens (tertiary/aromatic N) is 11. The molecule has 0 amide bonds. The summed E-state index contributed by atoms with van der Waals surface area (Å²) < 4.78 is 82.7. The van der Waals surface area contributed by atoms with Crippen molar-refractivity contribution >= 4 is 81.2 Å². The SMILES string of the molecule is Cc1ccn(-c2cc(C3CC3)cc(NC3CCC(F)(F)CC3)n2)n1.Cc1ccn(-c2cc(Cl)cc(Cl)n2)n1.Cc1ccn(-c2cc(Cl)cc(NC3CCC(F)(F)CC3)n2)n1.Cc1ccn[nH]1.Clc1cc(Cl)nc(Cl)c1.NC1CCC(F)(F)CC1. The van der Waals surface area contributed by atoms with Gasteiger partial charge in [-0.25, -0.2) is 60.3 Å². The number of H-pyrrole nitrogens is 1. The van der Waals surface area contributed by atoms with Crippen molar-refractivity contribution in [2.45, 2.75) is 159 Å². The Hall–Kier alpha value is -5.68. The van der Waals surface area contributed by atoms with Crippen LogP contribution in [0.5, 0.6) is 0 Å². The van der Waals surface area contributed by atoms with Crippen molar-refractivity contribution in [3.63, 3.8) is 0 Å². The van der Waals surface area contributed by atoms with Gasteiger partial charge in [-0.05, 0) is 151 Å². The average molecular weight is 1290 g/mol. The normalized spacial score (nSPS) is 17.2. The summed E-state index contributed by atoms with van der Waals surface area (Å²) in [5.41, 5.74) is 10.5. The Balaban J connectivity index is 0.000000154. The van der Waals surface area contributed by atoms with Gasteiger partial charge in [0, 0.05) is 114 Å². The summed E-state index contributed by atoms with van der Waals surface area (Å²) in [5.74, 6) is -3.48. The van der Waals surface area contributed by atoms with E-state index in [0.717, 1.165) is 34.4 Å². The fourth-order valence-electron chi connectivity index (χ4n) is 8.86. The molecule has 15 nitrogen and oxygen atoms in total. The number of aryl methyl sites for hydroxylation is 4. The lowest BCUT2D eigenvalue weighted by atomic mass is 9.92. The number of hydrogen-bond acceptors (Lipinski definition) is 11. The van der Waals surface area contributed by atoms with Crippen LogP contribution in [0.4, 0.5) is 38.0 Å². The van der Waals surface area contributed by atoms with Crippen molar-refractivity contribution in [1.29, 1.82) is 0 Å². The lowest BCUT2D eigenvalue weighted by molar-refractivity contribution is -0.0378. The summed E-state index contributed by atoms with van der Waals surface area (Å²) in [6.07, 6.45) is 12.1. The number of aromatic nitrogens is 12. The summed E-state index contributed by atoms with van der Waals surface area (Å²) in [6, 6.07) is 21.6. The molecule has 0 saturated heterocycles. The summed E-state index contributed by atoms with van der Waals surface area (Å²) in [4.78, 5) is 16.9. The number of hydrogen-bond donors (Lipinski definition) is 4. The van der Waals surface area contributed by atoms with Gasteiger partial charge < -0.3 is 16.4 Å². The summed E-state index contributed by atoms with van der Waals surface area (Å²) in [6.45, 7) is 7.71. The van der Waals surface area contributed by atoms with Gasteiger partial charge in [0.2, 0.25) is 17.8 Å². The first-order valence-corrected chi connectivity index (χ1v) is 29.5. The van der Waals surface area contributed by atoms with E-state index in [9.17, 15) is 26.3 Å². The third kappa shape index (κ3) is 22.3. The van der Waals surface area contributed by atoms with Crippen molar-refractivity contribution in [3.05, 3.63) is 156 Å². The molecule has 0 spiro atoms. The molecule has 452 valence electrons. The minimum Gasteiger partial charge on any atom is -0.367 e. The first kappa shape index (κ1) is 65.9. The smallest absolute Gasteiger partial charge is 0.248 e. The quantitative estimate of drug-likeness (QED) is 0.0839. The monoisotopic (exact) mass is 1280 g/mol. The molecule has 4 aliphatic rings. The minimum absolute atomic E-state index is 0.00204. The lowest BCUT2D eigenvalue weighted by Crippen LogP contribution is -2.32. The topological polar surface area (TPSA) is 184 Å². The Labute approximate surface area is 513 Å². The highest BCUT2D eigenvalue weighted by Gasteiger charge is 2.37. The zero-order valence-electron chi connectivity index (χ0n) is 46.5. The van der Waals surface area contributed by atoms with Gasteiger partial charge in [0.05, 0.1) is 17.1 Å². The fraction of sp³-hybridized carbons (Fsp3) is 0.439. The van der Waals surface area contributed by atoms with E-state index in [0.29, 0.717) is 92.4 Å². The van der Waals surface area contributed by atoms with Crippen LogP contribution < -0.4 is 16.4 Å². The minimum atomic E-state index is -2.53. The van der Waals surface area contributed by atoms with Gasteiger partial charge in [-0.3, -0.25) is 5.10 Å². The van der Waals surface area contributed by atoms with Crippen LogP contribution in [-0.2, 0) is 0 Å². The van der Waals surface area contributed by atoms with Crippen LogP contribution in [0.3, 0.4) is 0 Å². The maximum atomic E-state index is 13.3. The number of pyridine rings is 4. The number of nitrogens with two attached hydrogens (primary N) is 1. The Morgan fingerprint density at radius 3 is 1.20 bits per heavy atom. The largest absolute Gasteiger partial charge is 0.367 e. The van der Waals surface area contributed by atoms with Crippen LogP contribution in [0.15, 0.2) is 97.6 Å². The van der Waals surface area contributed by atoms with E-state index in [-0.39, 0.29) is 56.7 Å². The van der Waals surface area contributed by atoms with Crippen molar-refractivity contribution < 1.29 is 26.3 Å². The molecule has 0 aliphatic heterocycles. The number of aromatic amines is 1. The van der Waals surface area contributed by atoms with Crippen LogP contribution in [0.1, 0.15) is 124 Å². The molecule has 12 rings (SSSR count). The second kappa shape index (κ2) is 30.1. The van der Waals surface area contributed by atoms with Crippen molar-refractivity contribution in [2.24, 2.45) is 5.73 Å². The first-order chi connectivity index (χ1) is 39.7. The van der Waals surface area contributed by atoms with Crippen molar-refractivity contribution in [1.82, 2.24) is 59.5 Å². The molecule has 4 saturated carbocycles. The Morgan fingerprint density at radius 2 is 0.857 bits per heavy atom. The third-order valence-corrected chi connectivity index (χ3v) is 14.8. The zero-order valence-corrected chi connectivity index (χ0v) is 51.0. The maximum absolute atomic E-state index is 13.3. The third-order valence-electron chi connectivity index (χ3n) is 13.5. The molecule has 0 unspecified atom stereocenters. The number of anilines is 2. The molecule has 4 aliphatic carbocycles. The van der Waals surface area contributed by atoms with Gasteiger partial charge in [-0.2, -0.15) is 20.4 Å². The number of rotatable bonds is 8. The Kier molecular flexibility index (Phi) is 23.6. The van der Waals surface area contributed by atoms with E-state index in [1.165, 1.54) is 30.5 Å². The molecular formula is C57H65Cl6F6N15. The predicted molar refractivity (Wildman–Crippen MR) is 321 cm³/mol. The highest BCUT2D eigenvalue weighted by molar-refractivity contribution is 6.36. The van der Waals surface area contributed by atoms with E-state index in [2.05, 4.69) is 68.2 Å². The first-order valence-electron chi connectivity index (χ1n) is 27.2. The van der Waals surface area contributed by atoms with E-state index >= 15 is 0 Å². The molecule has 4 fully saturated rings. The van der Waals surface area contributed by atoms with Crippen LogP contribution >= 0.6 is 69.6 Å². The van der Waals surface area contributed by atoms with Crippen molar-refractivity contribution in [2.75, 3.05) is 10.6 Å². The van der Waals surface area contributed by atoms with Crippen LogP contribution in [0.2, 0.25) is 30.5 Å². The maximum Gasteiger partial charge on any atom is 0.248 e. The highest BCUT2D eigenvalue weighted by Crippen LogP contribution is 2.42. The Morgan fingerprint density at radius 1 is 0.476 bits per heavy atom. The number of alkyl halides is 6. The lowest BCUT2D eigenvalue weighted by Gasteiger charge is -2.29. The van der Waals surface area contributed by atoms with Gasteiger partial charge in [0.1, 0.15) is 27.1 Å². The van der Waals surface area contributed by atoms with Gasteiger partial charge in [-0.15, -0.1) is 0 Å². The van der Waals surface area contributed by atoms with E-state index in [4.69, 9.17) is 75.3 Å². The zero-order chi connectivity index (χ0) is 60.8. The summed E-state index contributed by atoms with van der Waals surface area (Å²) in [7, 11) is 0.